The minimum absolute atomic E-state index is 0.241. The number of aryl methyl sites for hydroxylation is 2. The summed E-state index contributed by atoms with van der Waals surface area (Å²) in [4.78, 5) is 23.7. The Morgan fingerprint density at radius 3 is 2.75 bits per heavy atom. The third-order valence-electron chi connectivity index (χ3n) is 5.81. The number of piperidine rings is 1. The zero-order valence-corrected chi connectivity index (χ0v) is 16.6. The van der Waals surface area contributed by atoms with E-state index in [1.165, 1.54) is 18.7 Å². The minimum atomic E-state index is 0.241. The molecule has 0 atom stereocenters. The Bertz CT molecular complexity index is 920. The topological polar surface area (TPSA) is 56.0 Å². The summed E-state index contributed by atoms with van der Waals surface area (Å²) in [6.45, 7) is 5.60. The van der Waals surface area contributed by atoms with E-state index in [1.807, 2.05) is 35.6 Å². The zero-order chi connectivity index (χ0) is 19.3. The van der Waals surface area contributed by atoms with E-state index in [-0.39, 0.29) is 5.91 Å². The van der Waals surface area contributed by atoms with E-state index in [0.29, 0.717) is 18.9 Å². The number of para-hydroxylation sites is 2. The summed E-state index contributed by atoms with van der Waals surface area (Å²) >= 11 is 0. The highest BCUT2D eigenvalue weighted by Crippen LogP contribution is 2.27. The lowest BCUT2D eigenvalue weighted by Crippen LogP contribution is -2.38. The molecule has 1 aliphatic rings. The number of rotatable bonds is 7. The van der Waals surface area contributed by atoms with E-state index in [9.17, 15) is 4.79 Å². The third-order valence-corrected chi connectivity index (χ3v) is 5.81. The van der Waals surface area contributed by atoms with Gasteiger partial charge in [-0.15, -0.1) is 0 Å². The molecule has 0 unspecified atom stereocenters. The maximum atomic E-state index is 12.7. The molecule has 4 rings (SSSR count). The molecule has 1 fully saturated rings. The molecular formula is C22H29N5O. The first-order chi connectivity index (χ1) is 13.8. The average molecular weight is 380 g/mol. The van der Waals surface area contributed by atoms with E-state index < -0.39 is 0 Å². The first kappa shape index (κ1) is 18.7. The van der Waals surface area contributed by atoms with Gasteiger partial charge in [-0.2, -0.15) is 0 Å². The molecule has 3 aromatic rings. The van der Waals surface area contributed by atoms with Gasteiger partial charge in [-0.25, -0.2) is 9.97 Å². The van der Waals surface area contributed by atoms with Gasteiger partial charge < -0.3 is 14.0 Å². The molecule has 0 spiro atoms. The fraction of sp³-hybridized carbons (Fsp3) is 0.500. The second-order valence-electron chi connectivity index (χ2n) is 7.66. The Morgan fingerprint density at radius 2 is 1.93 bits per heavy atom. The molecule has 148 valence electrons. The molecule has 0 saturated carbocycles. The third kappa shape index (κ3) is 3.96. The number of carbonyl (C=O) groups is 1. The van der Waals surface area contributed by atoms with Gasteiger partial charge in [-0.1, -0.05) is 25.5 Å². The Hall–Kier alpha value is -2.63. The monoisotopic (exact) mass is 379 g/mol. The first-order valence-electron chi connectivity index (χ1n) is 10.4. The summed E-state index contributed by atoms with van der Waals surface area (Å²) in [5, 5.41) is 0. The van der Waals surface area contributed by atoms with Crippen molar-refractivity contribution in [2.75, 3.05) is 13.1 Å². The molecule has 6 heteroatoms. The largest absolute Gasteiger partial charge is 0.343 e. The summed E-state index contributed by atoms with van der Waals surface area (Å²) in [6, 6.07) is 8.06. The average Bonchev–Trinajstić information content (AvgIpc) is 3.37. The lowest BCUT2D eigenvalue weighted by Gasteiger charge is -2.32. The van der Waals surface area contributed by atoms with Gasteiger partial charge >= 0.3 is 0 Å². The molecular weight excluding hydrogens is 350 g/mol. The highest BCUT2D eigenvalue weighted by atomic mass is 16.2. The van der Waals surface area contributed by atoms with Crippen molar-refractivity contribution in [3.63, 3.8) is 0 Å². The standard InChI is InChI=1S/C22H29N5O/c1-2-3-12-26-16-11-23-22(26)18-8-13-25(14-9-18)21(28)10-15-27-17-24-19-6-4-5-7-20(19)27/h4-7,11,16-18H,2-3,8-10,12-15H2,1H3. The number of nitrogens with zero attached hydrogens (tertiary/aromatic N) is 5. The molecule has 0 bridgehead atoms. The van der Waals surface area contributed by atoms with Crippen molar-refractivity contribution in [2.24, 2.45) is 0 Å². The smallest absolute Gasteiger partial charge is 0.224 e. The van der Waals surface area contributed by atoms with E-state index in [1.54, 1.807) is 0 Å². The number of likely N-dealkylation sites (tertiary alicyclic amines) is 1. The number of benzene rings is 1. The quantitative estimate of drug-likeness (QED) is 0.627. The van der Waals surface area contributed by atoms with Crippen molar-refractivity contribution in [1.82, 2.24) is 24.0 Å². The number of fused-ring (bicyclic) bond motifs is 1. The SMILES string of the molecule is CCCCn1ccnc1C1CCN(C(=O)CCn2cnc3ccccc32)CC1. The number of hydrogen-bond acceptors (Lipinski definition) is 3. The molecule has 3 heterocycles. The van der Waals surface area contributed by atoms with Crippen molar-refractivity contribution in [3.05, 3.63) is 48.8 Å². The van der Waals surface area contributed by atoms with Gasteiger partial charge in [0.25, 0.3) is 0 Å². The number of unbranched alkanes of at least 4 members (excludes halogenated alkanes) is 1. The van der Waals surface area contributed by atoms with E-state index in [2.05, 4.69) is 38.3 Å². The van der Waals surface area contributed by atoms with E-state index in [0.717, 1.165) is 43.5 Å². The number of aromatic nitrogens is 4. The van der Waals surface area contributed by atoms with Crippen molar-refractivity contribution in [3.8, 4) is 0 Å². The summed E-state index contributed by atoms with van der Waals surface area (Å²) < 4.78 is 4.38. The molecule has 2 aromatic heterocycles. The lowest BCUT2D eigenvalue weighted by atomic mass is 9.95. The van der Waals surface area contributed by atoms with Crippen molar-refractivity contribution in [1.29, 1.82) is 0 Å². The number of hydrogen-bond donors (Lipinski definition) is 0. The number of imidazole rings is 2. The fourth-order valence-corrected chi connectivity index (χ4v) is 4.15. The number of amides is 1. The van der Waals surface area contributed by atoms with Gasteiger partial charge in [0.1, 0.15) is 5.82 Å². The van der Waals surface area contributed by atoms with Crippen LogP contribution in [-0.4, -0.2) is 43.0 Å². The molecule has 0 aliphatic carbocycles. The van der Waals surface area contributed by atoms with E-state index in [4.69, 9.17) is 0 Å². The summed E-state index contributed by atoms with van der Waals surface area (Å²) in [6.07, 6.45) is 10.7. The van der Waals surface area contributed by atoms with Crippen LogP contribution in [0.25, 0.3) is 11.0 Å². The molecule has 1 aliphatic heterocycles. The van der Waals surface area contributed by atoms with Crippen LogP contribution in [0.4, 0.5) is 0 Å². The fourth-order valence-electron chi connectivity index (χ4n) is 4.15. The van der Waals surface area contributed by atoms with Crippen LogP contribution in [0, 0.1) is 0 Å². The van der Waals surface area contributed by atoms with Gasteiger partial charge in [-0.05, 0) is 31.4 Å². The van der Waals surface area contributed by atoms with Crippen molar-refractivity contribution < 1.29 is 4.79 Å². The first-order valence-corrected chi connectivity index (χ1v) is 10.4. The van der Waals surface area contributed by atoms with Crippen LogP contribution in [0.1, 0.15) is 50.8 Å². The van der Waals surface area contributed by atoms with Gasteiger partial charge in [0.15, 0.2) is 0 Å². The predicted octanol–water partition coefficient (Wildman–Crippen LogP) is 3.83. The Morgan fingerprint density at radius 1 is 1.11 bits per heavy atom. The van der Waals surface area contributed by atoms with Gasteiger partial charge in [0.05, 0.1) is 17.4 Å². The van der Waals surface area contributed by atoms with Gasteiger partial charge in [-0.3, -0.25) is 4.79 Å². The molecule has 1 amide bonds. The van der Waals surface area contributed by atoms with Crippen molar-refractivity contribution >= 4 is 16.9 Å². The summed E-state index contributed by atoms with van der Waals surface area (Å²) in [7, 11) is 0. The van der Waals surface area contributed by atoms with Crippen LogP contribution in [0.15, 0.2) is 43.0 Å². The molecule has 28 heavy (non-hydrogen) atoms. The molecule has 1 saturated heterocycles. The Balaban J connectivity index is 1.30. The van der Waals surface area contributed by atoms with E-state index >= 15 is 0 Å². The van der Waals surface area contributed by atoms with Crippen molar-refractivity contribution in [2.45, 2.75) is 58.0 Å². The molecule has 0 radical (unpaired) electrons. The van der Waals surface area contributed by atoms with Crippen LogP contribution < -0.4 is 0 Å². The second-order valence-corrected chi connectivity index (χ2v) is 7.66. The zero-order valence-electron chi connectivity index (χ0n) is 16.6. The second kappa shape index (κ2) is 8.59. The maximum Gasteiger partial charge on any atom is 0.224 e. The highest BCUT2D eigenvalue weighted by molar-refractivity contribution is 5.77. The summed E-state index contributed by atoms with van der Waals surface area (Å²) in [5.74, 6) is 1.91. The van der Waals surface area contributed by atoms with Crippen LogP contribution in [0.5, 0.6) is 0 Å². The normalized spacial score (nSPS) is 15.4. The van der Waals surface area contributed by atoms with Crippen LogP contribution in [0.2, 0.25) is 0 Å². The van der Waals surface area contributed by atoms with Crippen LogP contribution >= 0.6 is 0 Å². The lowest BCUT2D eigenvalue weighted by molar-refractivity contribution is -0.132. The van der Waals surface area contributed by atoms with Crippen LogP contribution in [0.3, 0.4) is 0 Å². The molecule has 0 N–H and O–H groups in total. The van der Waals surface area contributed by atoms with Gasteiger partial charge in [0.2, 0.25) is 5.91 Å². The number of carbonyl (C=O) groups excluding carboxylic acids is 1. The minimum Gasteiger partial charge on any atom is -0.343 e. The summed E-state index contributed by atoms with van der Waals surface area (Å²) in [5.41, 5.74) is 2.07. The Kier molecular flexibility index (Phi) is 5.74. The molecule has 6 nitrogen and oxygen atoms in total. The highest BCUT2D eigenvalue weighted by Gasteiger charge is 2.26. The maximum absolute atomic E-state index is 12.7. The Labute approximate surface area is 166 Å². The molecule has 1 aromatic carbocycles. The van der Waals surface area contributed by atoms with Gasteiger partial charge in [0, 0.05) is 50.9 Å². The predicted molar refractivity (Wildman–Crippen MR) is 110 cm³/mol. The van der Waals surface area contributed by atoms with Crippen LogP contribution in [-0.2, 0) is 17.9 Å².